The summed E-state index contributed by atoms with van der Waals surface area (Å²) in [5.41, 5.74) is 7.75. The number of benzene rings is 1. The number of phenols is 1. The molecule has 2 heterocycles. The lowest BCUT2D eigenvalue weighted by Crippen LogP contribution is -2.35. The Morgan fingerprint density at radius 1 is 1.38 bits per heavy atom. The number of aryl methyl sites for hydroxylation is 1. The molecule has 1 fully saturated rings. The van der Waals surface area contributed by atoms with Crippen molar-refractivity contribution in [2.24, 2.45) is 12.8 Å². The molecule has 4 rings (SSSR count). The molecule has 10 heteroatoms. The van der Waals surface area contributed by atoms with Crippen LogP contribution in [0, 0.1) is 6.92 Å². The minimum atomic E-state index is -0.289. The first-order valence-electron chi connectivity index (χ1n) is 10.1. The number of phenolic OH excluding ortho intramolecular Hbond substituents is 1. The number of rotatable bonds is 4. The molecule has 1 saturated carbocycles. The van der Waals surface area contributed by atoms with E-state index in [9.17, 15) is 9.90 Å². The predicted molar refractivity (Wildman–Crippen MR) is 132 cm³/mol. The van der Waals surface area contributed by atoms with Gasteiger partial charge in [0.2, 0.25) is 5.95 Å². The molecular formula is C22H26ClN5O3S. The molecule has 0 radical (unpaired) electrons. The van der Waals surface area contributed by atoms with Crippen LogP contribution in [-0.4, -0.2) is 44.7 Å². The highest BCUT2D eigenvalue weighted by molar-refractivity contribution is 7.77. The maximum absolute atomic E-state index is 13.2. The molecule has 0 bridgehead atoms. The first kappa shape index (κ1) is 23.9. The summed E-state index contributed by atoms with van der Waals surface area (Å²) in [4.78, 5) is 22.1. The summed E-state index contributed by atoms with van der Waals surface area (Å²) >= 11 is 10.2. The number of pyridine rings is 1. The Kier molecular flexibility index (Phi) is 7.33. The molecule has 0 spiro atoms. The van der Waals surface area contributed by atoms with E-state index in [0.717, 1.165) is 19.3 Å². The minimum Gasteiger partial charge on any atom is -0.506 e. The smallest absolute Gasteiger partial charge is 0.259 e. The highest BCUT2D eigenvalue weighted by Crippen LogP contribution is 2.41. The third-order valence-corrected chi connectivity index (χ3v) is 6.16. The standard InChI is InChI=1S/C21H24ClN5O3.CH2S/c1-10-16(30-3)8-15(28)18(22)17(10)12-7-11-9-24-21(25-14-6-4-5-13(14)23)26-19(11)27(2)20(12)29;1-2/h7-9,13-14,28H,4-6,23H2,1-3H3,(H,24,25,26);1H2. The molecule has 2 atom stereocenters. The van der Waals surface area contributed by atoms with E-state index in [2.05, 4.69) is 33.4 Å². The number of hydrogen-bond acceptors (Lipinski definition) is 8. The first-order valence-corrected chi connectivity index (χ1v) is 11.0. The summed E-state index contributed by atoms with van der Waals surface area (Å²) in [6.07, 6.45) is 4.68. The van der Waals surface area contributed by atoms with Crippen LogP contribution in [0.15, 0.2) is 23.1 Å². The van der Waals surface area contributed by atoms with E-state index < -0.39 is 0 Å². The number of nitrogens with two attached hydrogens (primary N) is 1. The average molecular weight is 476 g/mol. The van der Waals surface area contributed by atoms with Crippen molar-refractivity contribution in [1.82, 2.24) is 14.5 Å². The Hall–Kier alpha value is -2.75. The SMILES string of the molecule is C=S.COc1cc(O)c(Cl)c(-c2cc3cnc(NC4CCCC4N)nc3n(C)c2=O)c1C. The van der Waals surface area contributed by atoms with E-state index in [1.807, 2.05) is 0 Å². The molecule has 1 aliphatic rings. The zero-order valence-electron chi connectivity index (χ0n) is 18.2. The lowest BCUT2D eigenvalue weighted by atomic mass is 9.99. The molecule has 0 amide bonds. The quantitative estimate of drug-likeness (QED) is 0.490. The van der Waals surface area contributed by atoms with Crippen molar-refractivity contribution >= 4 is 46.7 Å². The molecule has 8 nitrogen and oxygen atoms in total. The second kappa shape index (κ2) is 9.81. The van der Waals surface area contributed by atoms with Gasteiger partial charge >= 0.3 is 0 Å². The number of aromatic hydroxyl groups is 1. The normalized spacial score (nSPS) is 17.7. The van der Waals surface area contributed by atoms with Gasteiger partial charge in [-0.15, -0.1) is 0 Å². The van der Waals surface area contributed by atoms with E-state index in [-0.39, 0.29) is 28.4 Å². The van der Waals surface area contributed by atoms with Crippen molar-refractivity contribution < 1.29 is 9.84 Å². The van der Waals surface area contributed by atoms with E-state index in [1.54, 1.807) is 26.2 Å². The number of halogens is 1. The van der Waals surface area contributed by atoms with Gasteiger partial charge in [0, 0.05) is 53.5 Å². The van der Waals surface area contributed by atoms with E-state index in [0.29, 0.717) is 39.4 Å². The van der Waals surface area contributed by atoms with Crippen molar-refractivity contribution in [2.45, 2.75) is 38.3 Å². The lowest BCUT2D eigenvalue weighted by molar-refractivity contribution is 0.405. The van der Waals surface area contributed by atoms with Gasteiger partial charge in [0.1, 0.15) is 17.1 Å². The average Bonchev–Trinajstić information content (AvgIpc) is 3.20. The Morgan fingerprint density at radius 3 is 2.72 bits per heavy atom. The second-order valence-electron chi connectivity index (χ2n) is 7.65. The minimum absolute atomic E-state index is 0.0707. The van der Waals surface area contributed by atoms with E-state index in [1.165, 1.54) is 17.7 Å². The molecule has 4 N–H and O–H groups in total. The summed E-state index contributed by atoms with van der Waals surface area (Å²) in [6.45, 7) is 1.79. The number of anilines is 1. The third kappa shape index (κ3) is 4.28. The van der Waals surface area contributed by atoms with E-state index in [4.69, 9.17) is 22.1 Å². The van der Waals surface area contributed by atoms with Crippen LogP contribution in [0.25, 0.3) is 22.2 Å². The van der Waals surface area contributed by atoms with Gasteiger partial charge in [0.05, 0.1) is 12.1 Å². The maximum atomic E-state index is 13.2. The number of nitrogens with zero attached hydrogens (tertiary/aromatic N) is 3. The van der Waals surface area contributed by atoms with Gasteiger partial charge in [-0.1, -0.05) is 23.8 Å². The van der Waals surface area contributed by atoms with Gasteiger partial charge in [-0.2, -0.15) is 4.98 Å². The van der Waals surface area contributed by atoms with Crippen LogP contribution in [0.5, 0.6) is 11.5 Å². The Balaban J connectivity index is 0.00000141. The van der Waals surface area contributed by atoms with Crippen LogP contribution in [0.1, 0.15) is 24.8 Å². The van der Waals surface area contributed by atoms with Crippen molar-refractivity contribution in [3.8, 4) is 22.6 Å². The Bertz CT molecular complexity index is 1220. The van der Waals surface area contributed by atoms with Crippen molar-refractivity contribution in [1.29, 1.82) is 0 Å². The molecule has 0 saturated heterocycles. The summed E-state index contributed by atoms with van der Waals surface area (Å²) in [5, 5.41) is 14.3. The van der Waals surface area contributed by atoms with Crippen LogP contribution in [-0.2, 0) is 7.05 Å². The van der Waals surface area contributed by atoms with Crippen molar-refractivity contribution in [2.75, 3.05) is 12.4 Å². The van der Waals surface area contributed by atoms with Gasteiger partial charge in [-0.05, 0) is 38.1 Å². The van der Waals surface area contributed by atoms with Gasteiger partial charge < -0.3 is 20.9 Å². The Morgan fingerprint density at radius 2 is 2.09 bits per heavy atom. The van der Waals surface area contributed by atoms with Gasteiger partial charge in [0.25, 0.3) is 5.56 Å². The fraction of sp³-hybridized carbons (Fsp3) is 0.364. The van der Waals surface area contributed by atoms with Crippen LogP contribution in [0.2, 0.25) is 5.02 Å². The van der Waals surface area contributed by atoms with E-state index >= 15 is 0 Å². The third-order valence-electron chi connectivity index (χ3n) is 5.78. The lowest BCUT2D eigenvalue weighted by Gasteiger charge is -2.18. The number of methoxy groups -OCH3 is 1. The second-order valence-corrected chi connectivity index (χ2v) is 8.03. The fourth-order valence-electron chi connectivity index (χ4n) is 4.07. The number of nitrogens with one attached hydrogen (secondary N) is 1. The number of hydrogen-bond donors (Lipinski definition) is 3. The zero-order chi connectivity index (χ0) is 23.6. The summed E-state index contributed by atoms with van der Waals surface area (Å²) in [6, 6.07) is 3.32. The molecular weight excluding hydrogens is 450 g/mol. The molecule has 0 aliphatic heterocycles. The van der Waals surface area contributed by atoms with Gasteiger partial charge in [0.15, 0.2) is 0 Å². The molecule has 2 aromatic heterocycles. The highest BCUT2D eigenvalue weighted by atomic mass is 35.5. The topological polar surface area (TPSA) is 115 Å². The molecule has 1 aliphatic carbocycles. The van der Waals surface area contributed by atoms with Crippen LogP contribution in [0.3, 0.4) is 0 Å². The van der Waals surface area contributed by atoms with Crippen molar-refractivity contribution in [3.05, 3.63) is 39.3 Å². The number of aromatic nitrogens is 3. The number of ether oxygens (including phenoxy) is 1. The molecule has 1 aromatic carbocycles. The molecule has 3 aromatic rings. The fourth-order valence-corrected chi connectivity index (χ4v) is 4.37. The molecule has 32 heavy (non-hydrogen) atoms. The summed E-state index contributed by atoms with van der Waals surface area (Å²) in [7, 11) is 3.14. The predicted octanol–water partition coefficient (Wildman–Crippen LogP) is 3.58. The summed E-state index contributed by atoms with van der Waals surface area (Å²) in [5.74, 6) is 3.57. The summed E-state index contributed by atoms with van der Waals surface area (Å²) < 4.78 is 6.77. The highest BCUT2D eigenvalue weighted by Gasteiger charge is 2.25. The monoisotopic (exact) mass is 475 g/mol. The Labute approximate surface area is 196 Å². The largest absolute Gasteiger partial charge is 0.506 e. The number of fused-ring (bicyclic) bond motifs is 1. The molecule has 2 unspecified atom stereocenters. The van der Waals surface area contributed by atoms with Crippen LogP contribution in [0.4, 0.5) is 5.95 Å². The maximum Gasteiger partial charge on any atom is 0.259 e. The van der Waals surface area contributed by atoms with Crippen LogP contribution >= 0.6 is 23.8 Å². The molecule has 170 valence electrons. The first-order chi connectivity index (χ1) is 15.3. The van der Waals surface area contributed by atoms with Crippen LogP contribution < -0.4 is 21.3 Å². The van der Waals surface area contributed by atoms with Crippen molar-refractivity contribution in [3.63, 3.8) is 0 Å². The van der Waals surface area contributed by atoms with Gasteiger partial charge in [-0.3, -0.25) is 9.36 Å². The number of thiocarbonyl (C=S) groups is 1. The van der Waals surface area contributed by atoms with Gasteiger partial charge in [-0.25, -0.2) is 4.98 Å². The zero-order valence-corrected chi connectivity index (χ0v) is 19.8.